The van der Waals surface area contributed by atoms with Crippen molar-refractivity contribution in [2.45, 2.75) is 26.4 Å². The first kappa shape index (κ1) is 11.0. The highest BCUT2D eigenvalue weighted by Crippen LogP contribution is 2.02. The zero-order chi connectivity index (χ0) is 9.61. The second kappa shape index (κ2) is 4.78. The third-order valence-corrected chi connectivity index (χ3v) is 0.756. The average Bonchev–Trinajstić information content (AvgIpc) is 1.85. The zero-order valence-electron chi connectivity index (χ0n) is 7.74. The molecule has 1 aromatic rings. The first-order valence-corrected chi connectivity index (χ1v) is 3.84. The Labute approximate surface area is 73.5 Å². The normalized spacial score (nSPS) is 10.0. The van der Waals surface area contributed by atoms with E-state index >= 15 is 0 Å². The van der Waals surface area contributed by atoms with E-state index in [0.29, 0.717) is 5.75 Å². The molecule has 67 valence electrons. The first-order chi connectivity index (χ1) is 5.39. The van der Waals surface area contributed by atoms with Crippen molar-refractivity contribution in [1.29, 1.82) is 0 Å². The molecule has 0 aliphatic carbocycles. The summed E-state index contributed by atoms with van der Waals surface area (Å²) in [5.41, 5.74) is -0.750. The van der Waals surface area contributed by atoms with Gasteiger partial charge in [0.15, 0.2) is 0 Å². The number of rotatable bonds is 0. The Bertz CT molecular complexity index is 193. The summed E-state index contributed by atoms with van der Waals surface area (Å²) in [4.78, 5) is 0. The maximum Gasteiger partial charge on any atom is 0.115 e. The topological polar surface area (TPSA) is 40.1 Å². The summed E-state index contributed by atoms with van der Waals surface area (Å²) < 4.78 is 0. The lowest BCUT2D eigenvalue weighted by Gasteiger charge is -2.00. The van der Waals surface area contributed by atoms with E-state index in [4.69, 9.17) is 5.11 Å². The predicted octanol–water partition coefficient (Wildman–Crippen LogP) is 2.61. The number of benzene rings is 1. The Morgan fingerprint density at radius 2 is 1.42 bits per heavy atom. The minimum absolute atomic E-state index is 0.322. The quantitative estimate of drug-likeness (QED) is 0.634. The molecule has 1 rings (SSSR count). The van der Waals surface area contributed by atoms with E-state index < -0.39 is 5.60 Å². The number of aromatic hydroxyl groups is 1. The van der Waals surface area contributed by atoms with Crippen molar-refractivity contribution in [2.24, 2.45) is 0 Å². The summed E-state index contributed by atoms with van der Waals surface area (Å²) in [6.07, 6.45) is 0. The SMILES string of the molecule is CC(C)(C)[O].Oc1ccccc1. The Hall–Kier alpha value is -1.02. The molecule has 0 unspecified atom stereocenters. The van der Waals surface area contributed by atoms with Crippen molar-refractivity contribution in [2.75, 3.05) is 0 Å². The maximum absolute atomic E-state index is 10.1. The molecule has 0 fully saturated rings. The molecule has 0 aliphatic rings. The molecule has 0 heterocycles. The minimum atomic E-state index is -0.750. The fourth-order valence-electron chi connectivity index (χ4n) is 0.428. The molecule has 1 N–H and O–H groups in total. The van der Waals surface area contributed by atoms with Gasteiger partial charge in [-0.25, -0.2) is 5.11 Å². The van der Waals surface area contributed by atoms with Crippen LogP contribution >= 0.6 is 0 Å². The monoisotopic (exact) mass is 167 g/mol. The summed E-state index contributed by atoms with van der Waals surface area (Å²) in [7, 11) is 0. The molecule has 0 aromatic heterocycles. The number of phenolic OH excluding ortho intramolecular Hbond substituents is 1. The lowest BCUT2D eigenvalue weighted by atomic mass is 10.2. The van der Waals surface area contributed by atoms with Crippen molar-refractivity contribution >= 4 is 0 Å². The molecule has 2 heteroatoms. The van der Waals surface area contributed by atoms with Crippen LogP contribution in [0.5, 0.6) is 5.75 Å². The molecule has 0 aliphatic heterocycles. The van der Waals surface area contributed by atoms with Gasteiger partial charge in [-0.2, -0.15) is 0 Å². The van der Waals surface area contributed by atoms with Crippen LogP contribution < -0.4 is 0 Å². The van der Waals surface area contributed by atoms with Gasteiger partial charge >= 0.3 is 0 Å². The third kappa shape index (κ3) is 11.7. The molecule has 0 spiro atoms. The van der Waals surface area contributed by atoms with E-state index in [-0.39, 0.29) is 0 Å². The second-order valence-electron chi connectivity index (χ2n) is 3.45. The Morgan fingerprint density at radius 1 is 1.08 bits per heavy atom. The van der Waals surface area contributed by atoms with Gasteiger partial charge in [-0.3, -0.25) is 0 Å². The smallest absolute Gasteiger partial charge is 0.115 e. The summed E-state index contributed by atoms with van der Waals surface area (Å²) >= 11 is 0. The molecule has 0 amide bonds. The van der Waals surface area contributed by atoms with Gasteiger partial charge in [0.2, 0.25) is 0 Å². The van der Waals surface area contributed by atoms with Gasteiger partial charge in [0.1, 0.15) is 5.75 Å². The largest absolute Gasteiger partial charge is 0.508 e. The Balaban J connectivity index is 0.000000217. The number of hydrogen-bond donors (Lipinski definition) is 1. The fourth-order valence-corrected chi connectivity index (χ4v) is 0.428. The van der Waals surface area contributed by atoms with Crippen LogP contribution in [0.2, 0.25) is 0 Å². The predicted molar refractivity (Wildman–Crippen MR) is 48.5 cm³/mol. The molecule has 0 atom stereocenters. The van der Waals surface area contributed by atoms with Gasteiger partial charge in [0.25, 0.3) is 0 Å². The average molecular weight is 167 g/mol. The molecule has 0 saturated heterocycles. The molecule has 0 bridgehead atoms. The van der Waals surface area contributed by atoms with Crippen molar-refractivity contribution < 1.29 is 10.2 Å². The second-order valence-corrected chi connectivity index (χ2v) is 3.45. The minimum Gasteiger partial charge on any atom is -0.508 e. The number of phenols is 1. The van der Waals surface area contributed by atoms with Gasteiger partial charge in [-0.1, -0.05) is 18.2 Å². The highest BCUT2D eigenvalue weighted by Gasteiger charge is 2.01. The molecule has 1 radical (unpaired) electrons. The van der Waals surface area contributed by atoms with Gasteiger partial charge in [0, 0.05) is 0 Å². The van der Waals surface area contributed by atoms with E-state index in [1.807, 2.05) is 6.07 Å². The van der Waals surface area contributed by atoms with Crippen LogP contribution in [0.15, 0.2) is 30.3 Å². The highest BCUT2D eigenvalue weighted by atomic mass is 16.3. The number of para-hydroxylation sites is 1. The van der Waals surface area contributed by atoms with Crippen LogP contribution in [0, 0.1) is 0 Å². The van der Waals surface area contributed by atoms with Crippen molar-refractivity contribution in [3.63, 3.8) is 0 Å². The van der Waals surface area contributed by atoms with Gasteiger partial charge in [0.05, 0.1) is 5.60 Å². The lowest BCUT2D eigenvalue weighted by Crippen LogP contribution is -2.07. The lowest BCUT2D eigenvalue weighted by molar-refractivity contribution is 0.0219. The molecule has 1 aromatic carbocycles. The van der Waals surface area contributed by atoms with E-state index in [0.717, 1.165) is 0 Å². The van der Waals surface area contributed by atoms with E-state index in [1.54, 1.807) is 45.0 Å². The van der Waals surface area contributed by atoms with Crippen molar-refractivity contribution in [1.82, 2.24) is 0 Å². The summed E-state index contributed by atoms with van der Waals surface area (Å²) in [6.45, 7) is 4.90. The molecule has 12 heavy (non-hydrogen) atoms. The fraction of sp³-hybridized carbons (Fsp3) is 0.400. The van der Waals surface area contributed by atoms with Crippen LogP contribution in [0.3, 0.4) is 0 Å². The van der Waals surface area contributed by atoms with Crippen LogP contribution in [-0.4, -0.2) is 10.7 Å². The van der Waals surface area contributed by atoms with E-state index in [9.17, 15) is 5.11 Å². The van der Waals surface area contributed by atoms with Crippen LogP contribution in [-0.2, 0) is 5.11 Å². The van der Waals surface area contributed by atoms with Crippen molar-refractivity contribution in [3.8, 4) is 5.75 Å². The summed E-state index contributed by atoms with van der Waals surface area (Å²) in [6, 6.07) is 8.71. The number of hydrogen-bond acceptors (Lipinski definition) is 1. The third-order valence-electron chi connectivity index (χ3n) is 0.756. The van der Waals surface area contributed by atoms with E-state index in [1.165, 1.54) is 0 Å². The van der Waals surface area contributed by atoms with Gasteiger partial charge in [-0.15, -0.1) is 0 Å². The maximum atomic E-state index is 10.1. The van der Waals surface area contributed by atoms with Crippen LogP contribution in [0.25, 0.3) is 0 Å². The van der Waals surface area contributed by atoms with E-state index in [2.05, 4.69) is 0 Å². The van der Waals surface area contributed by atoms with Gasteiger partial charge in [-0.05, 0) is 32.9 Å². The standard InChI is InChI=1S/C6H6O.C4H9O/c7-6-4-2-1-3-5-6;1-4(2,3)5/h1-5,7H;1-3H3. The molecule has 2 nitrogen and oxygen atoms in total. The molecular weight excluding hydrogens is 152 g/mol. The molecule has 0 saturated carbocycles. The van der Waals surface area contributed by atoms with Crippen molar-refractivity contribution in [3.05, 3.63) is 30.3 Å². The van der Waals surface area contributed by atoms with Crippen LogP contribution in [0.4, 0.5) is 0 Å². The molecular formula is C10H15O2. The summed E-state index contributed by atoms with van der Waals surface area (Å²) in [5.74, 6) is 0.322. The highest BCUT2D eigenvalue weighted by molar-refractivity contribution is 5.18. The Kier molecular flexibility index (Phi) is 4.37. The Morgan fingerprint density at radius 3 is 1.58 bits per heavy atom. The zero-order valence-corrected chi connectivity index (χ0v) is 7.74. The van der Waals surface area contributed by atoms with Gasteiger partial charge < -0.3 is 5.11 Å². The summed E-state index contributed by atoms with van der Waals surface area (Å²) in [5, 5.41) is 18.7. The van der Waals surface area contributed by atoms with Crippen LogP contribution in [0.1, 0.15) is 20.8 Å². The first-order valence-electron chi connectivity index (χ1n) is 3.84.